The Labute approximate surface area is 149 Å². The van der Waals surface area contributed by atoms with Crippen LogP contribution in [0, 0.1) is 5.92 Å². The van der Waals surface area contributed by atoms with Crippen LogP contribution in [-0.2, 0) is 16.1 Å². The maximum atomic E-state index is 12.7. The van der Waals surface area contributed by atoms with Crippen molar-refractivity contribution in [3.05, 3.63) is 60.9 Å². The molecule has 1 aliphatic heterocycles. The molecule has 1 N–H and O–H groups in total. The molecule has 1 aliphatic rings. The molecule has 0 bridgehead atoms. The van der Waals surface area contributed by atoms with Gasteiger partial charge < -0.3 is 14.6 Å². The summed E-state index contributed by atoms with van der Waals surface area (Å²) in [6.45, 7) is 0.740. The first kappa shape index (κ1) is 16.1. The Bertz CT molecular complexity index is 905. The summed E-state index contributed by atoms with van der Waals surface area (Å²) in [5.74, 6) is 0.556. The number of carbonyl (C=O) groups excluding carboxylic acids is 2. The lowest BCUT2D eigenvalue weighted by Gasteiger charge is -2.15. The van der Waals surface area contributed by atoms with Crippen LogP contribution in [-0.4, -0.2) is 38.0 Å². The zero-order chi connectivity index (χ0) is 17.9. The van der Waals surface area contributed by atoms with Crippen LogP contribution in [0.3, 0.4) is 0 Å². The fourth-order valence-corrected chi connectivity index (χ4v) is 3.00. The van der Waals surface area contributed by atoms with Gasteiger partial charge in [-0.25, -0.2) is 9.67 Å². The highest BCUT2D eigenvalue weighted by Gasteiger charge is 2.35. The second-order valence-electron chi connectivity index (χ2n) is 6.07. The van der Waals surface area contributed by atoms with Gasteiger partial charge in [-0.15, -0.1) is 0 Å². The molecule has 4 rings (SSSR count). The van der Waals surface area contributed by atoms with Crippen molar-refractivity contribution in [3.63, 3.8) is 0 Å². The normalized spacial score (nSPS) is 16.8. The van der Waals surface area contributed by atoms with Crippen molar-refractivity contribution in [1.82, 2.24) is 19.7 Å². The first-order chi connectivity index (χ1) is 12.7. The van der Waals surface area contributed by atoms with Crippen molar-refractivity contribution >= 4 is 17.5 Å². The standard InChI is InChI=1S/C18H17N5O3/c24-16-10-13(11-22(16)12-14-4-2-9-26-14)18(25)21-15-5-1-6-19-17(15)23-8-3-7-20-23/h1-9,13H,10-12H2,(H,21,25). The van der Waals surface area contributed by atoms with Gasteiger partial charge in [0, 0.05) is 31.6 Å². The predicted octanol–water partition coefficient (Wildman–Crippen LogP) is 1.85. The molecule has 26 heavy (non-hydrogen) atoms. The molecule has 2 amide bonds. The monoisotopic (exact) mass is 351 g/mol. The number of carbonyl (C=O) groups is 2. The number of nitrogens with zero attached hydrogens (tertiary/aromatic N) is 4. The van der Waals surface area contributed by atoms with E-state index < -0.39 is 5.92 Å². The van der Waals surface area contributed by atoms with Crippen molar-refractivity contribution < 1.29 is 14.0 Å². The van der Waals surface area contributed by atoms with Gasteiger partial charge in [0.05, 0.1) is 24.4 Å². The summed E-state index contributed by atoms with van der Waals surface area (Å²) >= 11 is 0. The Morgan fingerprint density at radius 3 is 2.96 bits per heavy atom. The minimum Gasteiger partial charge on any atom is -0.467 e. The number of furan rings is 1. The van der Waals surface area contributed by atoms with Crippen LogP contribution in [0.5, 0.6) is 0 Å². The van der Waals surface area contributed by atoms with Gasteiger partial charge in [-0.05, 0) is 30.3 Å². The summed E-state index contributed by atoms with van der Waals surface area (Å²) in [6.07, 6.45) is 6.78. The molecular formula is C18H17N5O3. The summed E-state index contributed by atoms with van der Waals surface area (Å²) in [5.41, 5.74) is 0.554. The van der Waals surface area contributed by atoms with E-state index in [1.54, 1.807) is 58.7 Å². The summed E-state index contributed by atoms with van der Waals surface area (Å²) in [5, 5.41) is 7.02. The summed E-state index contributed by atoms with van der Waals surface area (Å²) in [6, 6.07) is 8.87. The summed E-state index contributed by atoms with van der Waals surface area (Å²) < 4.78 is 6.86. The molecule has 0 radical (unpaired) electrons. The summed E-state index contributed by atoms with van der Waals surface area (Å²) in [7, 11) is 0. The first-order valence-corrected chi connectivity index (χ1v) is 8.27. The average molecular weight is 351 g/mol. The largest absolute Gasteiger partial charge is 0.467 e. The van der Waals surface area contributed by atoms with Gasteiger partial charge in [0.2, 0.25) is 11.8 Å². The average Bonchev–Trinajstić information content (AvgIpc) is 3.39. The minimum absolute atomic E-state index is 0.0555. The molecule has 1 atom stereocenters. The van der Waals surface area contributed by atoms with Gasteiger partial charge in [0.15, 0.2) is 5.82 Å². The maximum absolute atomic E-state index is 12.7. The number of likely N-dealkylation sites (tertiary alicyclic amines) is 1. The molecule has 1 unspecified atom stereocenters. The highest BCUT2D eigenvalue weighted by molar-refractivity contribution is 5.98. The second kappa shape index (κ2) is 6.83. The highest BCUT2D eigenvalue weighted by atomic mass is 16.3. The van der Waals surface area contributed by atoms with E-state index in [1.807, 2.05) is 6.07 Å². The fraction of sp³-hybridized carbons (Fsp3) is 0.222. The molecule has 0 saturated carbocycles. The molecule has 3 aromatic rings. The van der Waals surface area contributed by atoms with E-state index in [0.717, 1.165) is 0 Å². The van der Waals surface area contributed by atoms with E-state index in [0.29, 0.717) is 30.4 Å². The van der Waals surface area contributed by atoms with E-state index in [4.69, 9.17) is 4.42 Å². The molecule has 0 aromatic carbocycles. The lowest BCUT2D eigenvalue weighted by atomic mass is 10.1. The highest BCUT2D eigenvalue weighted by Crippen LogP contribution is 2.23. The van der Waals surface area contributed by atoms with Gasteiger partial charge in [-0.2, -0.15) is 5.10 Å². The lowest BCUT2D eigenvalue weighted by Crippen LogP contribution is -2.28. The number of rotatable bonds is 5. The minimum atomic E-state index is -0.414. The van der Waals surface area contributed by atoms with E-state index in [9.17, 15) is 9.59 Å². The Balaban J connectivity index is 1.45. The Morgan fingerprint density at radius 1 is 1.27 bits per heavy atom. The van der Waals surface area contributed by atoms with Crippen LogP contribution < -0.4 is 5.32 Å². The predicted molar refractivity (Wildman–Crippen MR) is 92.2 cm³/mol. The van der Waals surface area contributed by atoms with Gasteiger partial charge >= 0.3 is 0 Å². The molecule has 1 saturated heterocycles. The van der Waals surface area contributed by atoms with E-state index in [2.05, 4.69) is 15.4 Å². The zero-order valence-corrected chi connectivity index (χ0v) is 13.9. The van der Waals surface area contributed by atoms with Crippen molar-refractivity contribution in [3.8, 4) is 5.82 Å². The number of pyridine rings is 1. The maximum Gasteiger partial charge on any atom is 0.229 e. The van der Waals surface area contributed by atoms with Gasteiger partial charge in [-0.1, -0.05) is 0 Å². The Kier molecular flexibility index (Phi) is 4.22. The van der Waals surface area contributed by atoms with Crippen molar-refractivity contribution in [1.29, 1.82) is 0 Å². The van der Waals surface area contributed by atoms with Gasteiger partial charge in [0.25, 0.3) is 0 Å². The van der Waals surface area contributed by atoms with Crippen LogP contribution in [0.4, 0.5) is 5.69 Å². The van der Waals surface area contributed by atoms with Crippen LogP contribution in [0.15, 0.2) is 59.6 Å². The molecular weight excluding hydrogens is 334 g/mol. The third-order valence-electron chi connectivity index (χ3n) is 4.28. The molecule has 3 aromatic heterocycles. The lowest BCUT2D eigenvalue weighted by molar-refractivity contribution is -0.128. The van der Waals surface area contributed by atoms with Crippen LogP contribution in [0.1, 0.15) is 12.2 Å². The van der Waals surface area contributed by atoms with Gasteiger partial charge in [0.1, 0.15) is 5.76 Å². The molecule has 0 spiro atoms. The molecule has 4 heterocycles. The van der Waals surface area contributed by atoms with Crippen molar-refractivity contribution in [2.45, 2.75) is 13.0 Å². The molecule has 0 aliphatic carbocycles. The molecule has 132 valence electrons. The third kappa shape index (κ3) is 3.21. The quantitative estimate of drug-likeness (QED) is 0.757. The van der Waals surface area contributed by atoms with Crippen molar-refractivity contribution in [2.24, 2.45) is 5.92 Å². The first-order valence-electron chi connectivity index (χ1n) is 8.27. The van der Waals surface area contributed by atoms with Crippen LogP contribution >= 0.6 is 0 Å². The fourth-order valence-electron chi connectivity index (χ4n) is 3.00. The smallest absolute Gasteiger partial charge is 0.229 e. The van der Waals surface area contributed by atoms with E-state index >= 15 is 0 Å². The summed E-state index contributed by atoms with van der Waals surface area (Å²) in [4.78, 5) is 30.8. The topological polar surface area (TPSA) is 93.3 Å². The number of amides is 2. The third-order valence-corrected chi connectivity index (χ3v) is 4.28. The number of hydrogen-bond donors (Lipinski definition) is 1. The van der Waals surface area contributed by atoms with Crippen LogP contribution in [0.2, 0.25) is 0 Å². The molecule has 8 nitrogen and oxygen atoms in total. The van der Waals surface area contributed by atoms with Crippen molar-refractivity contribution in [2.75, 3.05) is 11.9 Å². The van der Waals surface area contributed by atoms with Crippen LogP contribution in [0.25, 0.3) is 5.82 Å². The van der Waals surface area contributed by atoms with E-state index in [1.165, 1.54) is 0 Å². The van der Waals surface area contributed by atoms with Gasteiger partial charge in [-0.3, -0.25) is 9.59 Å². The SMILES string of the molecule is O=C(Nc1cccnc1-n1cccn1)C1CC(=O)N(Cc2ccco2)C1. The number of nitrogens with one attached hydrogen (secondary N) is 1. The second-order valence-corrected chi connectivity index (χ2v) is 6.07. The number of hydrogen-bond acceptors (Lipinski definition) is 5. The Morgan fingerprint density at radius 2 is 2.19 bits per heavy atom. The van der Waals surface area contributed by atoms with E-state index in [-0.39, 0.29) is 18.2 Å². The Hall–Kier alpha value is -3.42. The number of aromatic nitrogens is 3. The molecule has 1 fully saturated rings. The molecule has 8 heteroatoms. The zero-order valence-electron chi connectivity index (χ0n) is 13.9. The number of anilines is 1.